The van der Waals surface area contributed by atoms with E-state index in [1.807, 2.05) is 16.8 Å². The number of hydrogen-bond donors (Lipinski definition) is 2. The molecule has 6 nitrogen and oxygen atoms in total. The number of nitrogens with zero attached hydrogens (tertiary/aromatic N) is 2. The number of ketones is 1. The van der Waals surface area contributed by atoms with Crippen molar-refractivity contribution in [3.63, 3.8) is 0 Å². The Balaban J connectivity index is 2.01. The molecule has 118 valence electrons. The van der Waals surface area contributed by atoms with Gasteiger partial charge >= 0.3 is 0 Å². The fourth-order valence-corrected chi connectivity index (χ4v) is 3.83. The van der Waals surface area contributed by atoms with Crippen molar-refractivity contribution in [1.82, 2.24) is 14.8 Å². The second-order valence-corrected chi connectivity index (χ2v) is 6.82. The Morgan fingerprint density at radius 1 is 1.21 bits per heavy atom. The standard InChI is InChI=1S/C16H10N4O2S2/c17-13-12(7-9-5-6-23-8-9)14(22)18-16-20(13)19-15(24-16)10-1-3-11(21)4-2-10/h1-8,17,19H/b12-7+,17-13?. The number of carbonyl (C=O) groups excluding carboxylic acids is 1. The first-order valence-electron chi connectivity index (χ1n) is 6.97. The Bertz CT molecular complexity index is 1190. The maximum absolute atomic E-state index is 12.2. The summed E-state index contributed by atoms with van der Waals surface area (Å²) in [5, 5.41) is 15.8. The fraction of sp³-hybridized carbons (Fsp3) is 0. The van der Waals surface area contributed by atoms with E-state index in [-0.39, 0.29) is 16.5 Å². The lowest BCUT2D eigenvalue weighted by Crippen LogP contribution is -2.47. The number of nitrogens with one attached hydrogen (secondary N) is 2. The molecule has 1 aromatic rings. The molecule has 3 aliphatic rings. The minimum Gasteiger partial charge on any atom is -0.290 e. The topological polar surface area (TPSA) is 91.6 Å². The third kappa shape index (κ3) is 2.51. The Hall–Kier alpha value is -2.84. The number of thiophene rings is 1. The Labute approximate surface area is 142 Å². The van der Waals surface area contributed by atoms with Crippen LogP contribution >= 0.6 is 22.7 Å². The lowest BCUT2D eigenvalue weighted by atomic mass is 10.1. The lowest BCUT2D eigenvalue weighted by Gasteiger charge is -1.99. The molecule has 0 amide bonds. The number of rotatable bonds is 1. The summed E-state index contributed by atoms with van der Waals surface area (Å²) >= 11 is 2.79. The molecule has 0 spiro atoms. The van der Waals surface area contributed by atoms with Gasteiger partial charge in [0.1, 0.15) is 4.66 Å². The summed E-state index contributed by atoms with van der Waals surface area (Å²) in [6.07, 6.45) is 8.01. The summed E-state index contributed by atoms with van der Waals surface area (Å²) < 4.78 is 2.20. The average molecular weight is 354 g/mol. The van der Waals surface area contributed by atoms with E-state index in [0.717, 1.165) is 15.8 Å². The highest BCUT2D eigenvalue weighted by molar-refractivity contribution is 7.11. The van der Waals surface area contributed by atoms with Gasteiger partial charge in [0.25, 0.3) is 5.56 Å². The molecular weight excluding hydrogens is 344 g/mol. The zero-order valence-corrected chi connectivity index (χ0v) is 13.8. The zero-order chi connectivity index (χ0) is 16.7. The quantitative estimate of drug-likeness (QED) is 0.657. The van der Waals surface area contributed by atoms with Crippen molar-refractivity contribution in [3.05, 3.63) is 72.4 Å². The molecule has 0 atom stereocenters. The van der Waals surface area contributed by atoms with Gasteiger partial charge in [0, 0.05) is 5.57 Å². The second-order valence-electron chi connectivity index (χ2n) is 5.07. The van der Waals surface area contributed by atoms with Gasteiger partial charge in [0.15, 0.2) is 11.3 Å². The van der Waals surface area contributed by atoms with Crippen LogP contribution in [0.1, 0.15) is 5.56 Å². The highest BCUT2D eigenvalue weighted by Crippen LogP contribution is 2.09. The smallest absolute Gasteiger partial charge is 0.283 e. The molecule has 4 rings (SSSR count). The van der Waals surface area contributed by atoms with E-state index in [4.69, 9.17) is 5.41 Å². The van der Waals surface area contributed by atoms with Gasteiger partial charge in [0.2, 0.25) is 5.13 Å². The summed E-state index contributed by atoms with van der Waals surface area (Å²) in [5.74, 6) is -0.0682. The predicted octanol–water partition coefficient (Wildman–Crippen LogP) is 0.275. The Morgan fingerprint density at radius 2 is 2.00 bits per heavy atom. The van der Waals surface area contributed by atoms with Crippen LogP contribution in [0.4, 0.5) is 0 Å². The van der Waals surface area contributed by atoms with E-state index in [1.165, 1.54) is 39.5 Å². The molecule has 1 aromatic heterocycles. The molecule has 8 heteroatoms. The number of fused-ring (bicyclic) bond motifs is 1. The molecule has 3 heterocycles. The maximum Gasteiger partial charge on any atom is 0.283 e. The van der Waals surface area contributed by atoms with Crippen LogP contribution in [-0.4, -0.2) is 20.5 Å². The molecule has 24 heavy (non-hydrogen) atoms. The highest BCUT2D eigenvalue weighted by atomic mass is 32.1. The first kappa shape index (κ1) is 14.7. The van der Waals surface area contributed by atoms with E-state index < -0.39 is 5.56 Å². The van der Waals surface area contributed by atoms with E-state index in [1.54, 1.807) is 18.2 Å². The minimum absolute atomic E-state index is 0.0548. The van der Waals surface area contributed by atoms with E-state index >= 15 is 0 Å². The molecule has 0 saturated carbocycles. The van der Waals surface area contributed by atoms with Gasteiger partial charge in [0.05, 0.1) is 5.22 Å². The van der Waals surface area contributed by atoms with E-state index in [2.05, 4.69) is 10.1 Å². The van der Waals surface area contributed by atoms with Gasteiger partial charge in [-0.1, -0.05) is 11.3 Å². The Morgan fingerprint density at radius 3 is 2.71 bits per heavy atom. The van der Waals surface area contributed by atoms with Crippen LogP contribution in [-0.2, 0) is 4.79 Å². The van der Waals surface area contributed by atoms with Crippen molar-refractivity contribution < 1.29 is 4.79 Å². The summed E-state index contributed by atoms with van der Waals surface area (Å²) in [6.45, 7) is 0. The van der Waals surface area contributed by atoms with Crippen molar-refractivity contribution in [1.29, 1.82) is 5.41 Å². The van der Waals surface area contributed by atoms with E-state index in [9.17, 15) is 9.59 Å². The summed E-state index contributed by atoms with van der Waals surface area (Å²) in [4.78, 5) is 27.5. The van der Waals surface area contributed by atoms with Gasteiger partial charge in [-0.2, -0.15) is 16.3 Å². The zero-order valence-electron chi connectivity index (χ0n) is 12.1. The van der Waals surface area contributed by atoms with Gasteiger partial charge in [-0.3, -0.25) is 20.1 Å². The van der Waals surface area contributed by atoms with Crippen molar-refractivity contribution in [2.24, 2.45) is 0 Å². The van der Waals surface area contributed by atoms with Crippen LogP contribution in [0.2, 0.25) is 0 Å². The van der Waals surface area contributed by atoms with Crippen LogP contribution in [0, 0.1) is 5.41 Å². The van der Waals surface area contributed by atoms with Crippen LogP contribution in [0.25, 0.3) is 16.8 Å². The summed E-state index contributed by atoms with van der Waals surface area (Å²) in [6, 6.07) is 1.88. The molecule has 0 saturated heterocycles. The molecule has 1 aliphatic carbocycles. The van der Waals surface area contributed by atoms with Crippen LogP contribution < -0.4 is 20.9 Å². The molecule has 0 bridgehead atoms. The fourth-order valence-electron chi connectivity index (χ4n) is 2.29. The van der Waals surface area contributed by atoms with E-state index in [0.29, 0.717) is 5.13 Å². The normalized spacial score (nSPS) is 14.9. The molecule has 2 N–H and O–H groups in total. The predicted molar refractivity (Wildman–Crippen MR) is 92.9 cm³/mol. The number of H-pyrrole nitrogens is 1. The van der Waals surface area contributed by atoms with Gasteiger partial charge in [-0.15, -0.1) is 0 Å². The third-order valence-electron chi connectivity index (χ3n) is 3.48. The Kier molecular flexibility index (Phi) is 3.47. The molecule has 0 fully saturated rings. The number of aromatic nitrogens is 3. The second kappa shape index (κ2) is 5.66. The lowest BCUT2D eigenvalue weighted by molar-refractivity contribution is -0.110. The molecule has 2 aliphatic heterocycles. The minimum atomic E-state index is -0.428. The van der Waals surface area contributed by atoms with Gasteiger partial charge < -0.3 is 0 Å². The molecule has 0 radical (unpaired) electrons. The van der Waals surface area contributed by atoms with Crippen LogP contribution in [0.15, 0.2) is 45.9 Å². The monoisotopic (exact) mass is 354 g/mol. The van der Waals surface area contributed by atoms with Crippen molar-refractivity contribution in [2.75, 3.05) is 0 Å². The first-order chi connectivity index (χ1) is 11.6. The van der Waals surface area contributed by atoms with Crippen molar-refractivity contribution >= 4 is 40.1 Å². The highest BCUT2D eigenvalue weighted by Gasteiger charge is 2.11. The van der Waals surface area contributed by atoms with Crippen molar-refractivity contribution in [3.8, 4) is 5.13 Å². The average Bonchev–Trinajstić information content (AvgIpc) is 3.21. The number of carbonyl (C=O) groups is 1. The SMILES string of the molecule is N=c1/c(=C\c2ccsc2)c(=O)nc2sc(=C3C=CC(=O)C=C3)[nH]n1-2. The largest absolute Gasteiger partial charge is 0.290 e. The van der Waals surface area contributed by atoms with Gasteiger partial charge in [-0.25, -0.2) is 4.68 Å². The maximum atomic E-state index is 12.2. The summed E-state index contributed by atoms with van der Waals surface area (Å²) in [5.41, 5.74) is 1.30. The van der Waals surface area contributed by atoms with Crippen LogP contribution in [0.5, 0.6) is 0 Å². The number of allylic oxidation sites excluding steroid dienone is 4. The molecule has 0 unspecified atom stereocenters. The third-order valence-corrected chi connectivity index (χ3v) is 5.16. The van der Waals surface area contributed by atoms with Gasteiger partial charge in [-0.05, 0) is 52.8 Å². The van der Waals surface area contributed by atoms with Crippen LogP contribution in [0.3, 0.4) is 0 Å². The molecular formula is C16H10N4O2S2. The number of aromatic amines is 1. The first-order valence-corrected chi connectivity index (χ1v) is 8.72. The molecule has 0 aromatic carbocycles. The van der Waals surface area contributed by atoms with Crippen molar-refractivity contribution in [2.45, 2.75) is 0 Å². The number of hydrogen-bond acceptors (Lipinski definition) is 6. The summed E-state index contributed by atoms with van der Waals surface area (Å²) in [7, 11) is 0.